The molecule has 0 aliphatic carbocycles. The van der Waals surface area contributed by atoms with Crippen molar-refractivity contribution in [1.29, 1.82) is 0 Å². The topological polar surface area (TPSA) is 32.3 Å². The second-order valence-electron chi connectivity index (χ2n) is 5.44. The van der Waals surface area contributed by atoms with Crippen LogP contribution in [0, 0.1) is 0 Å². The summed E-state index contributed by atoms with van der Waals surface area (Å²) in [6, 6.07) is 14.8. The Bertz CT molecular complexity index is 593. The van der Waals surface area contributed by atoms with Crippen molar-refractivity contribution in [3.05, 3.63) is 69.7 Å². The minimum atomic E-state index is -1.13. The lowest BCUT2D eigenvalue weighted by atomic mass is 9.79. The van der Waals surface area contributed by atoms with Crippen LogP contribution in [0.15, 0.2) is 48.5 Å². The number of nitrogens with one attached hydrogen (secondary N) is 1. The van der Waals surface area contributed by atoms with E-state index >= 15 is 0 Å². The third-order valence-electron chi connectivity index (χ3n) is 4.09. The van der Waals surface area contributed by atoms with Crippen LogP contribution < -0.4 is 5.32 Å². The lowest BCUT2D eigenvalue weighted by Crippen LogP contribution is -2.46. The quantitative estimate of drug-likeness (QED) is 0.896. The fraction of sp³-hybridized carbons (Fsp3) is 0.294. The van der Waals surface area contributed by atoms with E-state index in [9.17, 15) is 5.11 Å². The number of halogens is 2. The van der Waals surface area contributed by atoms with Crippen molar-refractivity contribution in [2.24, 2.45) is 0 Å². The summed E-state index contributed by atoms with van der Waals surface area (Å²) in [5, 5.41) is 16.2. The van der Waals surface area contributed by atoms with Crippen molar-refractivity contribution in [3.8, 4) is 0 Å². The monoisotopic (exact) mass is 321 g/mol. The molecule has 110 valence electrons. The number of hydrogen-bond acceptors (Lipinski definition) is 2. The Morgan fingerprint density at radius 3 is 2.00 bits per heavy atom. The third kappa shape index (κ3) is 2.82. The number of aliphatic hydroxyl groups is 1. The van der Waals surface area contributed by atoms with Gasteiger partial charge in [-0.15, -0.1) is 0 Å². The maximum Gasteiger partial charge on any atom is 0.130 e. The SMILES string of the molecule is OC(c1cccc(Cl)c1)(c1cccc(Cl)c1)[C@@H]1CCCN1. The van der Waals surface area contributed by atoms with E-state index in [2.05, 4.69) is 5.32 Å². The first kappa shape index (κ1) is 14.9. The molecule has 1 heterocycles. The molecule has 0 spiro atoms. The van der Waals surface area contributed by atoms with Gasteiger partial charge in [0.05, 0.1) is 0 Å². The molecule has 0 saturated carbocycles. The second kappa shape index (κ2) is 5.98. The van der Waals surface area contributed by atoms with Crippen molar-refractivity contribution >= 4 is 23.2 Å². The van der Waals surface area contributed by atoms with Crippen LogP contribution in [0.4, 0.5) is 0 Å². The van der Waals surface area contributed by atoms with Crippen molar-refractivity contribution in [2.45, 2.75) is 24.5 Å². The summed E-state index contributed by atoms with van der Waals surface area (Å²) < 4.78 is 0. The normalized spacial score (nSPS) is 18.9. The average molecular weight is 322 g/mol. The standard InChI is InChI=1S/C17H17Cl2NO/c18-14-6-1-4-12(10-14)17(21,16-8-3-9-20-16)13-5-2-7-15(19)11-13/h1-2,4-7,10-11,16,20-21H,3,8-9H2/t16-/m0/s1. The summed E-state index contributed by atoms with van der Waals surface area (Å²) in [6.45, 7) is 0.911. The van der Waals surface area contributed by atoms with Crippen LogP contribution in [-0.4, -0.2) is 17.7 Å². The minimum Gasteiger partial charge on any atom is -0.379 e. The summed E-state index contributed by atoms with van der Waals surface area (Å²) in [5.74, 6) is 0. The summed E-state index contributed by atoms with van der Waals surface area (Å²) >= 11 is 12.2. The van der Waals surface area contributed by atoms with Gasteiger partial charge in [0.25, 0.3) is 0 Å². The highest BCUT2D eigenvalue weighted by Gasteiger charge is 2.41. The molecule has 0 amide bonds. The number of hydrogen-bond donors (Lipinski definition) is 2. The molecule has 3 rings (SSSR count). The van der Waals surface area contributed by atoms with E-state index in [1.165, 1.54) is 0 Å². The first-order valence-corrected chi connectivity index (χ1v) is 7.84. The molecule has 0 unspecified atom stereocenters. The predicted molar refractivity (Wildman–Crippen MR) is 86.9 cm³/mol. The highest BCUT2D eigenvalue weighted by Crippen LogP contribution is 2.38. The van der Waals surface area contributed by atoms with Crippen molar-refractivity contribution in [2.75, 3.05) is 6.54 Å². The molecule has 1 aliphatic heterocycles. The first-order chi connectivity index (χ1) is 10.1. The maximum atomic E-state index is 11.5. The van der Waals surface area contributed by atoms with E-state index < -0.39 is 5.60 Å². The highest BCUT2D eigenvalue weighted by atomic mass is 35.5. The smallest absolute Gasteiger partial charge is 0.130 e. The van der Waals surface area contributed by atoms with Crippen molar-refractivity contribution < 1.29 is 5.11 Å². The van der Waals surface area contributed by atoms with Gasteiger partial charge in [-0.2, -0.15) is 0 Å². The largest absolute Gasteiger partial charge is 0.379 e. The fourth-order valence-electron chi connectivity index (χ4n) is 3.06. The van der Waals surface area contributed by atoms with Crippen molar-refractivity contribution in [3.63, 3.8) is 0 Å². The molecule has 1 saturated heterocycles. The Morgan fingerprint density at radius 2 is 1.57 bits per heavy atom. The zero-order chi connectivity index (χ0) is 14.9. The van der Waals surface area contributed by atoms with E-state index in [0.29, 0.717) is 10.0 Å². The van der Waals surface area contributed by atoms with Crippen LogP contribution in [0.5, 0.6) is 0 Å². The van der Waals surface area contributed by atoms with Crippen LogP contribution in [0.1, 0.15) is 24.0 Å². The number of rotatable bonds is 3. The third-order valence-corrected chi connectivity index (χ3v) is 4.56. The molecule has 1 atom stereocenters. The van der Waals surface area contributed by atoms with E-state index in [0.717, 1.165) is 30.5 Å². The molecule has 0 bridgehead atoms. The molecule has 0 radical (unpaired) electrons. The molecule has 1 fully saturated rings. The zero-order valence-electron chi connectivity index (χ0n) is 11.5. The second-order valence-corrected chi connectivity index (χ2v) is 6.31. The van der Waals surface area contributed by atoms with Gasteiger partial charge in [0.1, 0.15) is 5.60 Å². The van der Waals surface area contributed by atoms with Gasteiger partial charge >= 0.3 is 0 Å². The maximum absolute atomic E-state index is 11.5. The van der Waals surface area contributed by atoms with Gasteiger partial charge in [0.15, 0.2) is 0 Å². The summed E-state index contributed by atoms with van der Waals surface area (Å²) in [7, 11) is 0. The van der Waals surface area contributed by atoms with E-state index in [1.54, 1.807) is 0 Å². The zero-order valence-corrected chi connectivity index (χ0v) is 13.0. The van der Waals surface area contributed by atoms with Gasteiger partial charge in [-0.1, -0.05) is 47.5 Å². The summed E-state index contributed by atoms with van der Waals surface area (Å²) in [5.41, 5.74) is 0.445. The number of benzene rings is 2. The first-order valence-electron chi connectivity index (χ1n) is 7.08. The van der Waals surface area contributed by atoms with E-state index in [1.807, 2.05) is 48.5 Å². The Labute approximate surface area is 134 Å². The van der Waals surface area contributed by atoms with Gasteiger partial charge in [0.2, 0.25) is 0 Å². The van der Waals surface area contributed by atoms with Crippen molar-refractivity contribution in [1.82, 2.24) is 5.32 Å². The minimum absolute atomic E-state index is 0.0468. The van der Waals surface area contributed by atoms with Crippen LogP contribution in [0.25, 0.3) is 0 Å². The molecule has 2 N–H and O–H groups in total. The van der Waals surface area contributed by atoms with Gasteiger partial charge < -0.3 is 10.4 Å². The molecule has 0 aromatic heterocycles. The lowest BCUT2D eigenvalue weighted by Gasteiger charge is -2.35. The predicted octanol–water partition coefficient (Wildman–Crippen LogP) is 3.98. The Balaban J connectivity index is 2.15. The molecular weight excluding hydrogens is 305 g/mol. The van der Waals surface area contributed by atoms with Gasteiger partial charge in [0, 0.05) is 16.1 Å². The molecule has 2 nitrogen and oxygen atoms in total. The Hall–Kier alpha value is -1.06. The lowest BCUT2D eigenvalue weighted by molar-refractivity contribution is 0.0442. The van der Waals surface area contributed by atoms with Crippen LogP contribution in [-0.2, 0) is 5.60 Å². The fourth-order valence-corrected chi connectivity index (χ4v) is 3.44. The van der Waals surface area contributed by atoms with E-state index in [4.69, 9.17) is 23.2 Å². The Kier molecular flexibility index (Phi) is 4.23. The summed E-state index contributed by atoms with van der Waals surface area (Å²) in [6.07, 6.45) is 1.96. The molecular formula is C17H17Cl2NO. The van der Waals surface area contributed by atoms with E-state index in [-0.39, 0.29) is 6.04 Å². The highest BCUT2D eigenvalue weighted by molar-refractivity contribution is 6.31. The van der Waals surface area contributed by atoms with Gasteiger partial charge in [-0.3, -0.25) is 0 Å². The molecule has 2 aromatic rings. The van der Waals surface area contributed by atoms with Gasteiger partial charge in [-0.05, 0) is 54.8 Å². The molecule has 21 heavy (non-hydrogen) atoms. The van der Waals surface area contributed by atoms with Crippen LogP contribution in [0.3, 0.4) is 0 Å². The molecule has 4 heteroatoms. The Morgan fingerprint density at radius 1 is 1.00 bits per heavy atom. The van der Waals surface area contributed by atoms with Gasteiger partial charge in [-0.25, -0.2) is 0 Å². The molecule has 1 aliphatic rings. The molecule has 2 aromatic carbocycles. The van der Waals surface area contributed by atoms with Crippen LogP contribution in [0.2, 0.25) is 10.0 Å². The van der Waals surface area contributed by atoms with Crippen LogP contribution >= 0.6 is 23.2 Å². The summed E-state index contributed by atoms with van der Waals surface area (Å²) in [4.78, 5) is 0. The average Bonchev–Trinajstić information content (AvgIpc) is 3.01.